The molecule has 0 fully saturated rings. The summed E-state index contributed by atoms with van der Waals surface area (Å²) in [6, 6.07) is 13.2. The first-order valence-electron chi connectivity index (χ1n) is 11.1. The summed E-state index contributed by atoms with van der Waals surface area (Å²) in [5.41, 5.74) is 0.868. The summed E-state index contributed by atoms with van der Waals surface area (Å²) in [6.07, 6.45) is -10.5. The van der Waals surface area contributed by atoms with Gasteiger partial charge >= 0.3 is 12.4 Å². The van der Waals surface area contributed by atoms with E-state index in [1.54, 1.807) is 18.2 Å². The van der Waals surface area contributed by atoms with Gasteiger partial charge in [-0.2, -0.15) is 26.3 Å². The molecule has 1 unspecified atom stereocenters. The van der Waals surface area contributed by atoms with E-state index in [1.807, 2.05) is 0 Å². The molecule has 1 amide bonds. The maximum absolute atomic E-state index is 15.4. The molecule has 0 saturated heterocycles. The number of benzene rings is 3. The van der Waals surface area contributed by atoms with Crippen molar-refractivity contribution in [2.24, 2.45) is 0 Å². The van der Waals surface area contributed by atoms with Crippen molar-refractivity contribution in [3.05, 3.63) is 99.1 Å². The van der Waals surface area contributed by atoms with Crippen LogP contribution < -0.4 is 0 Å². The topological polar surface area (TPSA) is 33.2 Å². The van der Waals surface area contributed by atoms with E-state index in [2.05, 4.69) is 4.98 Å². The molecule has 4 aromatic rings. The Balaban J connectivity index is 1.41. The first-order chi connectivity index (χ1) is 17.4. The van der Waals surface area contributed by atoms with Gasteiger partial charge in [0.15, 0.2) is 11.2 Å². The molecule has 1 atom stereocenters. The molecule has 0 radical (unpaired) electrons. The monoisotopic (exact) mass is 538 g/mol. The highest BCUT2D eigenvalue weighted by Gasteiger charge is 2.36. The lowest BCUT2D eigenvalue weighted by Crippen LogP contribution is -2.36. The Kier molecular flexibility index (Phi) is 6.21. The van der Waals surface area contributed by atoms with E-state index in [1.165, 1.54) is 23.1 Å². The van der Waals surface area contributed by atoms with Gasteiger partial charge in [0.1, 0.15) is 0 Å². The maximum atomic E-state index is 15.4. The summed E-state index contributed by atoms with van der Waals surface area (Å²) in [7, 11) is 0. The van der Waals surface area contributed by atoms with Crippen molar-refractivity contribution in [3.8, 4) is 0 Å². The number of halogens is 7. The number of amides is 1. The Labute approximate surface area is 210 Å². The van der Waals surface area contributed by atoms with Crippen LogP contribution in [0.25, 0.3) is 10.2 Å². The van der Waals surface area contributed by atoms with E-state index in [9.17, 15) is 31.1 Å². The molecule has 1 aliphatic rings. The number of aromatic nitrogens is 1. The summed E-state index contributed by atoms with van der Waals surface area (Å²) >= 11 is 0.465. The molecule has 0 N–H and O–H groups in total. The number of carbonyl (C=O) groups excluding carboxylic acids is 1. The molecular weight excluding hydrogens is 521 g/mol. The summed E-state index contributed by atoms with van der Waals surface area (Å²) in [5, 5.41) is -1.03. The van der Waals surface area contributed by atoms with Crippen molar-refractivity contribution >= 4 is 27.5 Å². The maximum Gasteiger partial charge on any atom is 0.443 e. The molecule has 1 aliphatic heterocycles. The highest BCUT2D eigenvalue weighted by Crippen LogP contribution is 2.38. The number of hydrogen-bond acceptors (Lipinski definition) is 3. The molecule has 0 aliphatic carbocycles. The van der Waals surface area contributed by atoms with Crippen molar-refractivity contribution in [3.63, 3.8) is 0 Å². The molecular formula is C26H17F7N2OS. The average molecular weight is 538 g/mol. The van der Waals surface area contributed by atoms with Crippen LogP contribution in [0.4, 0.5) is 30.7 Å². The predicted octanol–water partition coefficient (Wildman–Crippen LogP) is 7.59. The molecule has 192 valence electrons. The smallest absolute Gasteiger partial charge is 0.334 e. The Morgan fingerprint density at radius 3 is 2.30 bits per heavy atom. The largest absolute Gasteiger partial charge is 0.443 e. The van der Waals surface area contributed by atoms with Gasteiger partial charge in [-0.3, -0.25) is 4.79 Å². The van der Waals surface area contributed by atoms with Crippen LogP contribution in [0.2, 0.25) is 0 Å². The van der Waals surface area contributed by atoms with Crippen molar-refractivity contribution in [1.29, 1.82) is 0 Å². The van der Waals surface area contributed by atoms with Gasteiger partial charge in [-0.1, -0.05) is 36.4 Å². The number of alkyl halides is 7. The summed E-state index contributed by atoms with van der Waals surface area (Å²) in [4.78, 5) is 18.4. The van der Waals surface area contributed by atoms with Gasteiger partial charge in [0.05, 0.1) is 21.3 Å². The number of hydrogen-bond donors (Lipinski definition) is 0. The van der Waals surface area contributed by atoms with E-state index in [0.717, 1.165) is 24.3 Å². The minimum absolute atomic E-state index is 0.0181. The lowest BCUT2D eigenvalue weighted by molar-refractivity contribution is -0.138. The van der Waals surface area contributed by atoms with Crippen molar-refractivity contribution < 1.29 is 35.5 Å². The third-order valence-corrected chi connectivity index (χ3v) is 7.35. The Bertz CT molecular complexity index is 1480. The highest BCUT2D eigenvalue weighted by molar-refractivity contribution is 7.18. The number of nitrogens with zero attached hydrogens (tertiary/aromatic N) is 2. The third-order valence-electron chi connectivity index (χ3n) is 6.29. The number of carbonyl (C=O) groups is 1. The molecule has 0 spiro atoms. The van der Waals surface area contributed by atoms with E-state index in [0.29, 0.717) is 28.0 Å². The second-order valence-electron chi connectivity index (χ2n) is 8.61. The normalized spacial score (nSPS) is 15.1. The van der Waals surface area contributed by atoms with Crippen molar-refractivity contribution in [2.45, 2.75) is 31.5 Å². The van der Waals surface area contributed by atoms with Crippen LogP contribution in [0, 0.1) is 0 Å². The average Bonchev–Trinajstić information content (AvgIpc) is 3.32. The molecule has 3 nitrogen and oxygen atoms in total. The standard InChI is InChI=1S/C26H17F7N2OS/c27-21(14-7-9-16(10-8-14)25(28,29)30)18-4-1-3-15-13-35(12-11-17(15)18)23(36)19-5-2-6-20-22(19)34-24(37-20)26(31,32)33/h1-10,21H,11-13H2. The SMILES string of the molecule is O=C(c1cccc2sc(C(F)(F)F)nc12)N1CCc2c(cccc2C(F)c2ccc(C(F)(F)F)cc2)C1. The molecule has 5 rings (SSSR count). The fraction of sp³-hybridized carbons (Fsp3) is 0.231. The summed E-state index contributed by atoms with van der Waals surface area (Å²) in [5.74, 6) is -0.486. The molecule has 11 heteroatoms. The lowest BCUT2D eigenvalue weighted by Gasteiger charge is -2.31. The number of para-hydroxylation sites is 1. The number of fused-ring (bicyclic) bond motifs is 2. The van der Waals surface area contributed by atoms with Gasteiger partial charge in [0.2, 0.25) is 0 Å². The molecule has 1 aromatic heterocycles. The molecule has 0 saturated carbocycles. The Morgan fingerprint density at radius 2 is 1.62 bits per heavy atom. The van der Waals surface area contributed by atoms with Crippen LogP contribution in [-0.2, 0) is 25.3 Å². The van der Waals surface area contributed by atoms with Crippen LogP contribution >= 0.6 is 11.3 Å². The zero-order chi connectivity index (χ0) is 26.5. The fourth-order valence-electron chi connectivity index (χ4n) is 4.48. The number of rotatable bonds is 3. The van der Waals surface area contributed by atoms with E-state index < -0.39 is 35.0 Å². The first-order valence-corrected chi connectivity index (χ1v) is 11.9. The van der Waals surface area contributed by atoms with E-state index in [4.69, 9.17) is 0 Å². The summed E-state index contributed by atoms with van der Waals surface area (Å²) < 4.78 is 93.7. The van der Waals surface area contributed by atoms with Crippen LogP contribution in [0.3, 0.4) is 0 Å². The fourth-order valence-corrected chi connectivity index (χ4v) is 5.34. The van der Waals surface area contributed by atoms with Crippen LogP contribution in [0.5, 0.6) is 0 Å². The zero-order valence-electron chi connectivity index (χ0n) is 18.8. The third kappa shape index (κ3) is 4.79. The Morgan fingerprint density at radius 1 is 0.919 bits per heavy atom. The van der Waals surface area contributed by atoms with Gasteiger partial charge < -0.3 is 4.90 Å². The van der Waals surface area contributed by atoms with E-state index in [-0.39, 0.29) is 40.9 Å². The lowest BCUT2D eigenvalue weighted by atomic mass is 9.89. The summed E-state index contributed by atoms with van der Waals surface area (Å²) in [6.45, 7) is 0.295. The van der Waals surface area contributed by atoms with Crippen LogP contribution in [0.15, 0.2) is 60.7 Å². The molecule has 0 bridgehead atoms. The minimum Gasteiger partial charge on any atom is -0.334 e. The van der Waals surface area contributed by atoms with Gasteiger partial charge in [-0.05, 0) is 52.9 Å². The Hall–Kier alpha value is -3.47. The van der Waals surface area contributed by atoms with Gasteiger partial charge in [-0.25, -0.2) is 9.37 Å². The molecule has 37 heavy (non-hydrogen) atoms. The number of thiazole rings is 1. The van der Waals surface area contributed by atoms with Crippen molar-refractivity contribution in [2.75, 3.05) is 6.54 Å². The molecule has 3 aromatic carbocycles. The second kappa shape index (κ2) is 9.13. The predicted molar refractivity (Wildman–Crippen MR) is 124 cm³/mol. The second-order valence-corrected chi connectivity index (χ2v) is 9.64. The van der Waals surface area contributed by atoms with Crippen LogP contribution in [0.1, 0.15) is 49.4 Å². The minimum atomic E-state index is -4.62. The van der Waals surface area contributed by atoms with Crippen LogP contribution in [-0.4, -0.2) is 22.3 Å². The zero-order valence-corrected chi connectivity index (χ0v) is 19.6. The first kappa shape index (κ1) is 25.2. The van der Waals surface area contributed by atoms with Gasteiger partial charge in [0, 0.05) is 13.1 Å². The molecule has 2 heterocycles. The van der Waals surface area contributed by atoms with Gasteiger partial charge in [-0.15, -0.1) is 11.3 Å². The van der Waals surface area contributed by atoms with Crippen molar-refractivity contribution in [1.82, 2.24) is 9.88 Å². The quantitative estimate of drug-likeness (QED) is 0.252. The van der Waals surface area contributed by atoms with Gasteiger partial charge in [0.25, 0.3) is 5.91 Å². The van der Waals surface area contributed by atoms with E-state index >= 15 is 4.39 Å². The highest BCUT2D eigenvalue weighted by atomic mass is 32.1.